The number of nitrogens with one attached hydrogen (secondary N) is 1. The third-order valence-electron chi connectivity index (χ3n) is 4.64. The van der Waals surface area contributed by atoms with Crippen molar-refractivity contribution in [3.63, 3.8) is 0 Å². The maximum atomic E-state index is 12.2. The largest absolute Gasteiger partial charge is 0.349 e. The topological polar surface area (TPSA) is 63.2 Å². The summed E-state index contributed by atoms with van der Waals surface area (Å²) >= 11 is 0. The third-order valence-corrected chi connectivity index (χ3v) is 6.80. The van der Waals surface area contributed by atoms with E-state index in [0.717, 1.165) is 24.8 Å². The van der Waals surface area contributed by atoms with Crippen LogP contribution in [-0.2, 0) is 21.1 Å². The van der Waals surface area contributed by atoms with Crippen molar-refractivity contribution in [2.75, 3.05) is 5.75 Å². The molecule has 1 amide bonds. The van der Waals surface area contributed by atoms with Gasteiger partial charge in [0.2, 0.25) is 5.91 Å². The number of rotatable bonds is 7. The van der Waals surface area contributed by atoms with Gasteiger partial charge in [0, 0.05) is 0 Å². The number of sulfone groups is 1. The quantitative estimate of drug-likeness (QED) is 0.819. The summed E-state index contributed by atoms with van der Waals surface area (Å²) in [6.45, 7) is 6.25. The zero-order valence-electron chi connectivity index (χ0n) is 14.9. The van der Waals surface area contributed by atoms with Crippen LogP contribution in [0.2, 0.25) is 0 Å². The van der Waals surface area contributed by atoms with Crippen molar-refractivity contribution >= 4 is 15.7 Å². The van der Waals surface area contributed by atoms with Crippen molar-refractivity contribution in [2.45, 2.75) is 64.2 Å². The summed E-state index contributed by atoms with van der Waals surface area (Å²) in [5, 5.41) is 2.49. The van der Waals surface area contributed by atoms with Crippen LogP contribution in [0, 0.1) is 5.92 Å². The van der Waals surface area contributed by atoms with Gasteiger partial charge >= 0.3 is 0 Å². The van der Waals surface area contributed by atoms with E-state index in [1.54, 1.807) is 0 Å². The molecule has 4 nitrogen and oxygen atoms in total. The van der Waals surface area contributed by atoms with Gasteiger partial charge in [-0.1, -0.05) is 51.0 Å². The summed E-state index contributed by atoms with van der Waals surface area (Å²) in [6, 6.07) is 7.98. The van der Waals surface area contributed by atoms with Gasteiger partial charge in [0.15, 0.2) is 9.84 Å². The van der Waals surface area contributed by atoms with E-state index in [9.17, 15) is 13.2 Å². The summed E-state index contributed by atoms with van der Waals surface area (Å²) in [7, 11) is -3.32. The SMILES string of the molecule is CC(C)Cc1ccc(C(C)NC(=O)CS(=O)(=O)C2CCCC2)cc1. The van der Waals surface area contributed by atoms with Crippen LogP contribution in [0.25, 0.3) is 0 Å². The molecule has 1 aromatic rings. The Morgan fingerprint density at radius 2 is 1.71 bits per heavy atom. The van der Waals surface area contributed by atoms with Crippen molar-refractivity contribution in [2.24, 2.45) is 5.92 Å². The molecule has 0 aliphatic heterocycles. The second kappa shape index (κ2) is 8.15. The molecule has 1 fully saturated rings. The first-order valence-electron chi connectivity index (χ1n) is 8.87. The minimum absolute atomic E-state index is 0.190. The molecule has 1 saturated carbocycles. The zero-order valence-corrected chi connectivity index (χ0v) is 15.7. The van der Waals surface area contributed by atoms with Gasteiger partial charge in [0.1, 0.15) is 5.75 Å². The van der Waals surface area contributed by atoms with Gasteiger partial charge in [-0.15, -0.1) is 0 Å². The van der Waals surface area contributed by atoms with E-state index in [0.29, 0.717) is 18.8 Å². The van der Waals surface area contributed by atoms with E-state index < -0.39 is 21.5 Å². The zero-order chi connectivity index (χ0) is 17.7. The molecule has 1 atom stereocenters. The minimum Gasteiger partial charge on any atom is -0.349 e. The number of carbonyl (C=O) groups excluding carboxylic acids is 1. The standard InChI is InChI=1S/C19H29NO3S/c1-14(2)12-16-8-10-17(11-9-16)15(3)20-19(21)13-24(22,23)18-6-4-5-7-18/h8-11,14-15,18H,4-7,12-13H2,1-3H3,(H,20,21). The predicted octanol–water partition coefficient (Wildman–Crippen LogP) is 3.42. The summed E-state index contributed by atoms with van der Waals surface area (Å²) in [5.74, 6) is -0.192. The molecule has 5 heteroatoms. The van der Waals surface area contributed by atoms with Crippen molar-refractivity contribution in [1.82, 2.24) is 5.32 Å². The lowest BCUT2D eigenvalue weighted by molar-refractivity contribution is -0.119. The number of hydrogen-bond donors (Lipinski definition) is 1. The first-order valence-corrected chi connectivity index (χ1v) is 10.6. The minimum atomic E-state index is -3.32. The van der Waals surface area contributed by atoms with E-state index in [1.165, 1.54) is 5.56 Å². The van der Waals surface area contributed by atoms with E-state index >= 15 is 0 Å². The van der Waals surface area contributed by atoms with Gasteiger partial charge in [-0.25, -0.2) is 8.42 Å². The van der Waals surface area contributed by atoms with E-state index in [2.05, 4.69) is 31.3 Å². The van der Waals surface area contributed by atoms with Gasteiger partial charge in [-0.2, -0.15) is 0 Å². The fraction of sp³-hybridized carbons (Fsp3) is 0.632. The average molecular weight is 352 g/mol. The molecule has 2 rings (SSSR count). The monoisotopic (exact) mass is 351 g/mol. The molecular weight excluding hydrogens is 322 g/mol. The smallest absolute Gasteiger partial charge is 0.235 e. The molecule has 0 spiro atoms. The first-order chi connectivity index (χ1) is 11.3. The normalized spacial score (nSPS) is 17.2. The van der Waals surface area contributed by atoms with Gasteiger partial charge in [0.25, 0.3) is 0 Å². The third kappa shape index (κ3) is 5.33. The summed E-state index contributed by atoms with van der Waals surface area (Å²) in [6.07, 6.45) is 4.32. The molecule has 0 bridgehead atoms. The first kappa shape index (κ1) is 19.0. The van der Waals surface area contributed by atoms with Crippen LogP contribution in [0.4, 0.5) is 0 Å². The summed E-state index contributed by atoms with van der Waals surface area (Å²) in [5.41, 5.74) is 2.27. The Bertz CT molecular complexity index is 644. The Kier molecular flexibility index (Phi) is 6.44. The summed E-state index contributed by atoms with van der Waals surface area (Å²) in [4.78, 5) is 12.1. The van der Waals surface area contributed by atoms with Crippen LogP contribution in [0.1, 0.15) is 63.6 Å². The van der Waals surface area contributed by atoms with E-state index in [-0.39, 0.29) is 11.3 Å². The second-order valence-corrected chi connectivity index (χ2v) is 9.62. The predicted molar refractivity (Wildman–Crippen MR) is 97.6 cm³/mol. The molecular formula is C19H29NO3S. The second-order valence-electron chi connectivity index (χ2n) is 7.34. The van der Waals surface area contributed by atoms with Crippen LogP contribution >= 0.6 is 0 Å². The van der Waals surface area contributed by atoms with Crippen LogP contribution in [0.3, 0.4) is 0 Å². The van der Waals surface area contributed by atoms with E-state index in [4.69, 9.17) is 0 Å². The highest BCUT2D eigenvalue weighted by molar-refractivity contribution is 7.92. The Balaban J connectivity index is 1.91. The average Bonchev–Trinajstić information content (AvgIpc) is 3.01. The number of hydrogen-bond acceptors (Lipinski definition) is 3. The van der Waals surface area contributed by atoms with Crippen molar-refractivity contribution in [3.05, 3.63) is 35.4 Å². The fourth-order valence-electron chi connectivity index (χ4n) is 3.33. The molecule has 1 aromatic carbocycles. The van der Waals surface area contributed by atoms with E-state index in [1.807, 2.05) is 19.1 Å². The highest BCUT2D eigenvalue weighted by Crippen LogP contribution is 2.25. The highest BCUT2D eigenvalue weighted by atomic mass is 32.2. The molecule has 1 N–H and O–H groups in total. The Morgan fingerprint density at radius 3 is 2.25 bits per heavy atom. The van der Waals surface area contributed by atoms with Crippen LogP contribution in [0.5, 0.6) is 0 Å². The van der Waals surface area contributed by atoms with Gasteiger partial charge in [0.05, 0.1) is 11.3 Å². The molecule has 0 aromatic heterocycles. The molecule has 1 aliphatic carbocycles. The van der Waals surface area contributed by atoms with Gasteiger partial charge in [-0.05, 0) is 43.2 Å². The molecule has 1 unspecified atom stereocenters. The van der Waals surface area contributed by atoms with Crippen molar-refractivity contribution in [3.8, 4) is 0 Å². The highest BCUT2D eigenvalue weighted by Gasteiger charge is 2.30. The summed E-state index contributed by atoms with van der Waals surface area (Å²) < 4.78 is 24.5. The number of amides is 1. The lowest BCUT2D eigenvalue weighted by atomic mass is 10.00. The lowest BCUT2D eigenvalue weighted by Gasteiger charge is -2.16. The number of benzene rings is 1. The number of carbonyl (C=O) groups is 1. The Morgan fingerprint density at radius 1 is 1.12 bits per heavy atom. The Labute approximate surface area is 146 Å². The van der Waals surface area contributed by atoms with Crippen LogP contribution in [0.15, 0.2) is 24.3 Å². The maximum Gasteiger partial charge on any atom is 0.235 e. The fourth-order valence-corrected chi connectivity index (χ4v) is 5.06. The molecule has 0 saturated heterocycles. The molecule has 0 radical (unpaired) electrons. The van der Waals surface area contributed by atoms with Crippen LogP contribution < -0.4 is 5.32 Å². The van der Waals surface area contributed by atoms with Gasteiger partial charge in [-0.3, -0.25) is 4.79 Å². The molecule has 1 aliphatic rings. The van der Waals surface area contributed by atoms with Crippen LogP contribution in [-0.4, -0.2) is 25.3 Å². The van der Waals surface area contributed by atoms with Crippen molar-refractivity contribution in [1.29, 1.82) is 0 Å². The molecule has 134 valence electrons. The lowest BCUT2D eigenvalue weighted by Crippen LogP contribution is -2.35. The molecule has 0 heterocycles. The Hall–Kier alpha value is -1.36. The maximum absolute atomic E-state index is 12.2. The van der Waals surface area contributed by atoms with Gasteiger partial charge < -0.3 is 5.32 Å². The van der Waals surface area contributed by atoms with Crippen molar-refractivity contribution < 1.29 is 13.2 Å². The molecule has 24 heavy (non-hydrogen) atoms.